The average Bonchev–Trinajstić information content (AvgIpc) is 2.73. The van der Waals surface area contributed by atoms with Gasteiger partial charge in [-0.05, 0) is 29.5 Å². The summed E-state index contributed by atoms with van der Waals surface area (Å²) in [7, 11) is 0. The molecule has 1 heteroatoms. The number of thiol groups is 1. The third kappa shape index (κ3) is 8.39. The van der Waals surface area contributed by atoms with Crippen LogP contribution in [-0.4, -0.2) is 0 Å². The minimum absolute atomic E-state index is 1.11. The zero-order valence-electron chi connectivity index (χ0n) is 17.0. The van der Waals surface area contributed by atoms with Gasteiger partial charge in [0.2, 0.25) is 0 Å². The number of rotatable bonds is 13. The van der Waals surface area contributed by atoms with E-state index in [9.17, 15) is 0 Å². The van der Waals surface area contributed by atoms with Crippen molar-refractivity contribution in [3.8, 4) is 0 Å². The molecule has 27 heavy (non-hydrogen) atoms. The molecule has 0 saturated heterocycles. The van der Waals surface area contributed by atoms with Gasteiger partial charge in [0, 0.05) is 4.91 Å². The summed E-state index contributed by atoms with van der Waals surface area (Å²) in [5.74, 6) is 0. The van der Waals surface area contributed by atoms with Crippen LogP contribution in [0.2, 0.25) is 0 Å². The molecule has 2 rings (SSSR count). The molecule has 2 aromatic rings. The van der Waals surface area contributed by atoms with Gasteiger partial charge in [0.05, 0.1) is 0 Å². The van der Waals surface area contributed by atoms with E-state index in [0.29, 0.717) is 0 Å². The third-order valence-electron chi connectivity index (χ3n) is 5.24. The Balaban J connectivity index is 1.82. The van der Waals surface area contributed by atoms with Gasteiger partial charge in [0.15, 0.2) is 0 Å². The summed E-state index contributed by atoms with van der Waals surface area (Å²) in [5.41, 5.74) is 3.90. The van der Waals surface area contributed by atoms with Crippen LogP contribution in [0.1, 0.15) is 88.7 Å². The van der Waals surface area contributed by atoms with E-state index in [1.807, 2.05) is 0 Å². The molecule has 146 valence electrons. The first-order chi connectivity index (χ1) is 13.3. The van der Waals surface area contributed by atoms with E-state index in [1.165, 1.54) is 80.9 Å². The molecule has 0 N–H and O–H groups in total. The Hall–Kier alpha value is -1.47. The molecule has 0 saturated carbocycles. The second-order valence-corrected chi connectivity index (χ2v) is 7.94. The summed E-state index contributed by atoms with van der Waals surface area (Å²) in [6.07, 6.45) is 14.9. The van der Waals surface area contributed by atoms with Crippen LogP contribution in [0.25, 0.3) is 10.5 Å². The Labute approximate surface area is 172 Å². The largest absolute Gasteiger partial charge is 0.143 e. The minimum atomic E-state index is 1.11. The maximum absolute atomic E-state index is 4.90. The molecule has 0 aliphatic rings. The number of unbranched alkanes of at least 4 members (excludes halogenated alkanes) is 9. The first-order valence-electron chi connectivity index (χ1n) is 10.9. The monoisotopic (exact) mass is 380 g/mol. The fourth-order valence-corrected chi connectivity index (χ4v) is 3.99. The molecule has 0 bridgehead atoms. The van der Waals surface area contributed by atoms with Crippen molar-refractivity contribution in [3.05, 3.63) is 71.8 Å². The van der Waals surface area contributed by atoms with Crippen LogP contribution in [0, 0.1) is 0 Å². The standard InChI is InChI=1S/C26H36S/c1-2-3-4-5-6-7-8-9-10-17-22-25(23-18-13-11-14-19-23)26(27)24-20-15-12-16-21-24/h11-16,18-21,27H,2-10,17,22H2,1H3. The van der Waals surface area contributed by atoms with Crippen molar-refractivity contribution < 1.29 is 0 Å². The summed E-state index contributed by atoms with van der Waals surface area (Å²) >= 11 is 4.90. The summed E-state index contributed by atoms with van der Waals surface area (Å²) < 4.78 is 0. The first kappa shape index (κ1) is 21.8. The zero-order valence-corrected chi connectivity index (χ0v) is 17.9. The molecular weight excluding hydrogens is 344 g/mol. The Morgan fingerprint density at radius 1 is 0.593 bits per heavy atom. The van der Waals surface area contributed by atoms with Crippen LogP contribution < -0.4 is 0 Å². The van der Waals surface area contributed by atoms with Crippen molar-refractivity contribution in [1.29, 1.82) is 0 Å². The van der Waals surface area contributed by atoms with Gasteiger partial charge in [-0.25, -0.2) is 0 Å². The van der Waals surface area contributed by atoms with Gasteiger partial charge in [-0.1, -0.05) is 125 Å². The van der Waals surface area contributed by atoms with Gasteiger partial charge in [0.1, 0.15) is 0 Å². The van der Waals surface area contributed by atoms with E-state index < -0.39 is 0 Å². The van der Waals surface area contributed by atoms with E-state index in [0.717, 1.165) is 11.3 Å². The Morgan fingerprint density at radius 3 is 1.56 bits per heavy atom. The normalized spacial score (nSPS) is 12.1. The predicted octanol–water partition coefficient (Wildman–Crippen LogP) is 8.80. The lowest BCUT2D eigenvalue weighted by Crippen LogP contribution is -1.90. The lowest BCUT2D eigenvalue weighted by molar-refractivity contribution is 0.558. The molecule has 0 aromatic heterocycles. The molecule has 0 unspecified atom stereocenters. The molecule has 2 aromatic carbocycles. The molecule has 0 amide bonds. The van der Waals surface area contributed by atoms with Crippen molar-refractivity contribution in [2.24, 2.45) is 0 Å². The number of hydrogen-bond acceptors (Lipinski definition) is 1. The second kappa shape index (κ2) is 13.7. The average molecular weight is 381 g/mol. The Kier molecular flexibility index (Phi) is 11.0. The van der Waals surface area contributed by atoms with Gasteiger partial charge < -0.3 is 0 Å². The highest BCUT2D eigenvalue weighted by atomic mass is 32.1. The van der Waals surface area contributed by atoms with Crippen LogP contribution in [-0.2, 0) is 0 Å². The molecule has 0 spiro atoms. The molecule has 0 fully saturated rings. The number of benzene rings is 2. The topological polar surface area (TPSA) is 0 Å². The summed E-state index contributed by atoms with van der Waals surface area (Å²) in [4.78, 5) is 1.12. The van der Waals surface area contributed by atoms with Crippen LogP contribution in [0.4, 0.5) is 0 Å². The van der Waals surface area contributed by atoms with Crippen molar-refractivity contribution in [1.82, 2.24) is 0 Å². The van der Waals surface area contributed by atoms with E-state index in [2.05, 4.69) is 67.6 Å². The lowest BCUT2D eigenvalue weighted by atomic mass is 9.96. The van der Waals surface area contributed by atoms with Gasteiger partial charge in [-0.15, -0.1) is 12.6 Å². The van der Waals surface area contributed by atoms with Crippen molar-refractivity contribution in [2.45, 2.75) is 77.6 Å². The third-order valence-corrected chi connectivity index (χ3v) is 5.76. The SMILES string of the molecule is CCCCCCCCCCCCC(=C(S)c1ccccc1)c1ccccc1. The van der Waals surface area contributed by atoms with E-state index >= 15 is 0 Å². The Bertz CT molecular complexity index is 642. The van der Waals surface area contributed by atoms with E-state index in [-0.39, 0.29) is 0 Å². The van der Waals surface area contributed by atoms with Crippen LogP contribution >= 0.6 is 12.6 Å². The van der Waals surface area contributed by atoms with Crippen LogP contribution in [0.5, 0.6) is 0 Å². The van der Waals surface area contributed by atoms with Gasteiger partial charge in [-0.3, -0.25) is 0 Å². The predicted molar refractivity (Wildman–Crippen MR) is 125 cm³/mol. The zero-order chi connectivity index (χ0) is 19.2. The first-order valence-corrected chi connectivity index (χ1v) is 11.3. The van der Waals surface area contributed by atoms with Gasteiger partial charge >= 0.3 is 0 Å². The fourth-order valence-electron chi connectivity index (χ4n) is 3.60. The molecule has 0 aliphatic carbocycles. The molecule has 0 atom stereocenters. The lowest BCUT2D eigenvalue weighted by Gasteiger charge is -2.13. The highest BCUT2D eigenvalue weighted by Crippen LogP contribution is 2.33. The quantitative estimate of drug-likeness (QED) is 0.200. The fraction of sp³-hybridized carbons (Fsp3) is 0.462. The highest BCUT2D eigenvalue weighted by Gasteiger charge is 2.08. The van der Waals surface area contributed by atoms with Crippen LogP contribution in [0.3, 0.4) is 0 Å². The smallest absolute Gasteiger partial charge is 0.0151 e. The maximum Gasteiger partial charge on any atom is 0.0151 e. The Morgan fingerprint density at radius 2 is 1.04 bits per heavy atom. The van der Waals surface area contributed by atoms with Gasteiger partial charge in [0.25, 0.3) is 0 Å². The molecular formula is C26H36S. The summed E-state index contributed by atoms with van der Waals surface area (Å²) in [6, 6.07) is 21.3. The molecule has 0 nitrogen and oxygen atoms in total. The van der Waals surface area contributed by atoms with Crippen LogP contribution in [0.15, 0.2) is 60.7 Å². The van der Waals surface area contributed by atoms with Crippen molar-refractivity contribution in [2.75, 3.05) is 0 Å². The van der Waals surface area contributed by atoms with Crippen molar-refractivity contribution >= 4 is 23.1 Å². The minimum Gasteiger partial charge on any atom is -0.143 e. The second-order valence-electron chi connectivity index (χ2n) is 7.49. The molecule has 0 aliphatic heterocycles. The molecule has 0 radical (unpaired) electrons. The highest BCUT2D eigenvalue weighted by molar-refractivity contribution is 7.90. The summed E-state index contributed by atoms with van der Waals surface area (Å²) in [5, 5.41) is 0. The van der Waals surface area contributed by atoms with E-state index in [1.54, 1.807) is 0 Å². The van der Waals surface area contributed by atoms with E-state index in [4.69, 9.17) is 12.6 Å². The number of hydrogen-bond donors (Lipinski definition) is 1. The number of allylic oxidation sites excluding steroid dienone is 1. The maximum atomic E-state index is 4.90. The summed E-state index contributed by atoms with van der Waals surface area (Å²) in [6.45, 7) is 2.28. The van der Waals surface area contributed by atoms with Gasteiger partial charge in [-0.2, -0.15) is 0 Å². The molecule has 0 heterocycles. The van der Waals surface area contributed by atoms with Crippen molar-refractivity contribution in [3.63, 3.8) is 0 Å².